The fourth-order valence-electron chi connectivity index (χ4n) is 1.52. The summed E-state index contributed by atoms with van der Waals surface area (Å²) >= 11 is 0. The van der Waals surface area contributed by atoms with Crippen molar-refractivity contribution in [2.45, 2.75) is 20.4 Å². The van der Waals surface area contributed by atoms with Gasteiger partial charge in [-0.05, 0) is 43.2 Å². The van der Waals surface area contributed by atoms with E-state index in [4.69, 9.17) is 4.74 Å². The molecule has 0 spiro atoms. The maximum absolute atomic E-state index is 5.22. The molecule has 0 aromatic heterocycles. The fourth-order valence-corrected chi connectivity index (χ4v) is 1.52. The van der Waals surface area contributed by atoms with E-state index in [1.807, 2.05) is 43.4 Å². The molecule has 0 unspecified atom stereocenters. The second-order valence-electron chi connectivity index (χ2n) is 4.06. The van der Waals surface area contributed by atoms with Crippen LogP contribution in [0.2, 0.25) is 0 Å². The van der Waals surface area contributed by atoms with Gasteiger partial charge in [-0.3, -0.25) is 0 Å². The molecule has 0 fully saturated rings. The van der Waals surface area contributed by atoms with Crippen LogP contribution in [0.1, 0.15) is 18.1 Å². The van der Waals surface area contributed by atoms with Crippen molar-refractivity contribution in [2.75, 3.05) is 7.11 Å². The Morgan fingerprint density at radius 3 is 2.83 bits per heavy atom. The molecule has 1 N–H and O–H groups in total. The molecule has 0 saturated carbocycles. The lowest BCUT2D eigenvalue weighted by molar-refractivity contribution is 0.414. The summed E-state index contributed by atoms with van der Waals surface area (Å²) in [6.45, 7) is 8.78. The second kappa shape index (κ2) is 7.38. The van der Waals surface area contributed by atoms with Crippen molar-refractivity contribution in [3.63, 3.8) is 0 Å². The van der Waals surface area contributed by atoms with Crippen molar-refractivity contribution in [1.82, 2.24) is 5.32 Å². The van der Waals surface area contributed by atoms with E-state index in [2.05, 4.69) is 24.9 Å². The number of methoxy groups -OCH3 is 1. The van der Waals surface area contributed by atoms with Gasteiger partial charge in [0.25, 0.3) is 0 Å². The van der Waals surface area contributed by atoms with Gasteiger partial charge in [0.2, 0.25) is 0 Å². The Kier molecular flexibility index (Phi) is 5.78. The van der Waals surface area contributed by atoms with Gasteiger partial charge in [0.15, 0.2) is 0 Å². The number of rotatable bonds is 6. The first kappa shape index (κ1) is 14.1. The molecule has 1 aromatic carbocycles. The highest BCUT2D eigenvalue weighted by molar-refractivity contribution is 5.35. The molecule has 96 valence electrons. The molecule has 1 aromatic rings. The van der Waals surface area contributed by atoms with Gasteiger partial charge in [-0.1, -0.05) is 30.9 Å². The molecule has 0 bridgehead atoms. The van der Waals surface area contributed by atoms with Crippen molar-refractivity contribution in [3.8, 4) is 5.75 Å². The van der Waals surface area contributed by atoms with E-state index < -0.39 is 0 Å². The van der Waals surface area contributed by atoms with Gasteiger partial charge in [0.1, 0.15) is 5.75 Å². The first-order chi connectivity index (χ1) is 8.67. The Bertz CT molecular complexity index is 458. The fraction of sp³-hybridized carbons (Fsp3) is 0.250. The highest BCUT2D eigenvalue weighted by Crippen LogP contribution is 2.17. The van der Waals surface area contributed by atoms with Crippen molar-refractivity contribution in [1.29, 1.82) is 0 Å². The summed E-state index contributed by atoms with van der Waals surface area (Å²) in [5.74, 6) is 0.882. The Balaban J connectivity index is 2.60. The smallest absolute Gasteiger partial charge is 0.119 e. The third-order valence-electron chi connectivity index (χ3n) is 2.66. The number of ether oxygens (including phenoxy) is 1. The Hall–Kier alpha value is -1.96. The molecule has 18 heavy (non-hydrogen) atoms. The summed E-state index contributed by atoms with van der Waals surface area (Å²) < 4.78 is 5.22. The monoisotopic (exact) mass is 243 g/mol. The zero-order valence-electron chi connectivity index (χ0n) is 11.4. The van der Waals surface area contributed by atoms with Gasteiger partial charge in [0.05, 0.1) is 7.11 Å². The van der Waals surface area contributed by atoms with Crippen LogP contribution in [-0.4, -0.2) is 7.11 Å². The van der Waals surface area contributed by atoms with Crippen molar-refractivity contribution < 1.29 is 4.74 Å². The zero-order valence-corrected chi connectivity index (χ0v) is 11.4. The summed E-state index contributed by atoms with van der Waals surface area (Å²) in [6, 6.07) is 6.08. The molecular weight excluding hydrogens is 222 g/mol. The minimum Gasteiger partial charge on any atom is -0.497 e. The lowest BCUT2D eigenvalue weighted by Crippen LogP contribution is -2.11. The van der Waals surface area contributed by atoms with E-state index >= 15 is 0 Å². The van der Waals surface area contributed by atoms with E-state index in [0.717, 1.165) is 18.0 Å². The van der Waals surface area contributed by atoms with E-state index in [0.29, 0.717) is 0 Å². The first-order valence-electron chi connectivity index (χ1n) is 6.03. The van der Waals surface area contributed by atoms with Crippen LogP contribution in [0.5, 0.6) is 5.75 Å². The molecule has 0 aliphatic heterocycles. The number of hydrogen-bond acceptors (Lipinski definition) is 2. The van der Waals surface area contributed by atoms with Crippen LogP contribution in [0.4, 0.5) is 0 Å². The highest BCUT2D eigenvalue weighted by atomic mass is 16.5. The average molecular weight is 243 g/mol. The predicted molar refractivity (Wildman–Crippen MR) is 77.7 cm³/mol. The van der Waals surface area contributed by atoms with Crippen molar-refractivity contribution >= 4 is 0 Å². The predicted octanol–water partition coefficient (Wildman–Crippen LogP) is 3.74. The quantitative estimate of drug-likeness (QED) is 0.768. The number of hydrogen-bond donors (Lipinski definition) is 1. The van der Waals surface area contributed by atoms with Gasteiger partial charge in [0, 0.05) is 12.2 Å². The molecule has 0 aliphatic carbocycles. The maximum Gasteiger partial charge on any atom is 0.119 e. The Morgan fingerprint density at radius 1 is 1.39 bits per heavy atom. The summed E-state index contributed by atoms with van der Waals surface area (Å²) in [4.78, 5) is 0. The van der Waals surface area contributed by atoms with Crippen LogP contribution in [0.25, 0.3) is 0 Å². The third kappa shape index (κ3) is 4.50. The van der Waals surface area contributed by atoms with Gasteiger partial charge >= 0.3 is 0 Å². The average Bonchev–Trinajstić information content (AvgIpc) is 2.38. The molecule has 0 amide bonds. The molecule has 0 aliphatic rings. The molecule has 1 rings (SSSR count). The second-order valence-corrected chi connectivity index (χ2v) is 4.06. The van der Waals surface area contributed by atoms with Crippen LogP contribution in [0.15, 0.2) is 54.8 Å². The lowest BCUT2D eigenvalue weighted by Gasteiger charge is -2.10. The van der Waals surface area contributed by atoms with Gasteiger partial charge < -0.3 is 10.1 Å². The lowest BCUT2D eigenvalue weighted by atomic mass is 10.1. The minimum absolute atomic E-state index is 0.752. The summed E-state index contributed by atoms with van der Waals surface area (Å²) in [5.41, 5.74) is 3.36. The van der Waals surface area contributed by atoms with E-state index in [-0.39, 0.29) is 0 Å². The molecule has 0 heterocycles. The molecule has 0 saturated heterocycles. The minimum atomic E-state index is 0.752. The van der Waals surface area contributed by atoms with Crippen LogP contribution in [0, 0.1) is 6.92 Å². The maximum atomic E-state index is 5.22. The van der Waals surface area contributed by atoms with Crippen molar-refractivity contribution in [2.24, 2.45) is 0 Å². The Labute approximate surface area is 110 Å². The topological polar surface area (TPSA) is 21.3 Å². The van der Waals surface area contributed by atoms with Crippen LogP contribution in [0.3, 0.4) is 0 Å². The summed E-state index contributed by atoms with van der Waals surface area (Å²) in [7, 11) is 1.68. The van der Waals surface area contributed by atoms with Crippen LogP contribution < -0.4 is 10.1 Å². The number of aryl methyl sites for hydroxylation is 1. The van der Waals surface area contributed by atoms with Gasteiger partial charge in [-0.2, -0.15) is 0 Å². The first-order valence-corrected chi connectivity index (χ1v) is 6.03. The normalized spacial score (nSPS) is 11.1. The number of benzene rings is 1. The largest absolute Gasteiger partial charge is 0.497 e. The van der Waals surface area contributed by atoms with E-state index in [1.165, 1.54) is 11.1 Å². The number of nitrogens with one attached hydrogen (secondary N) is 1. The molecule has 0 radical (unpaired) electrons. The zero-order chi connectivity index (χ0) is 13.4. The third-order valence-corrected chi connectivity index (χ3v) is 2.66. The molecule has 0 atom stereocenters. The highest BCUT2D eigenvalue weighted by Gasteiger charge is 2.00. The molecule has 2 heteroatoms. The SMILES string of the molecule is C=C(/C=C\C=C/C)NCc1cc(OC)ccc1C. The Morgan fingerprint density at radius 2 is 2.17 bits per heavy atom. The van der Waals surface area contributed by atoms with E-state index in [9.17, 15) is 0 Å². The summed E-state index contributed by atoms with van der Waals surface area (Å²) in [6.07, 6.45) is 7.88. The number of allylic oxidation sites excluding steroid dienone is 4. The standard InChI is InChI=1S/C16H21NO/c1-5-6-7-8-14(3)17-12-15-11-16(18-4)10-9-13(15)2/h5-11,17H,3,12H2,1-2,4H3/b6-5-,8-7-. The van der Waals surface area contributed by atoms with Gasteiger partial charge in [-0.15, -0.1) is 0 Å². The van der Waals surface area contributed by atoms with Crippen LogP contribution >= 0.6 is 0 Å². The van der Waals surface area contributed by atoms with Crippen molar-refractivity contribution in [3.05, 3.63) is 65.9 Å². The van der Waals surface area contributed by atoms with E-state index in [1.54, 1.807) is 7.11 Å². The van der Waals surface area contributed by atoms with Crippen LogP contribution in [-0.2, 0) is 6.54 Å². The van der Waals surface area contributed by atoms with Gasteiger partial charge in [-0.25, -0.2) is 0 Å². The summed E-state index contributed by atoms with van der Waals surface area (Å²) in [5, 5.41) is 3.28. The molecule has 2 nitrogen and oxygen atoms in total. The molecular formula is C16H21NO.